The molecule has 0 rings (SSSR count). The van der Waals surface area contributed by atoms with Gasteiger partial charge in [-0.15, -0.1) is 0 Å². The molecule has 0 aliphatic heterocycles. The molecule has 0 spiro atoms. The van der Waals surface area contributed by atoms with Crippen molar-refractivity contribution in [2.75, 3.05) is 6.61 Å². The summed E-state index contributed by atoms with van der Waals surface area (Å²) in [5.74, 6) is 0. The van der Waals surface area contributed by atoms with E-state index < -0.39 is 33.8 Å². The fourth-order valence-corrected chi connectivity index (χ4v) is 16.8. The van der Waals surface area contributed by atoms with Crippen LogP contribution in [0.25, 0.3) is 0 Å². The van der Waals surface area contributed by atoms with E-state index in [-0.39, 0.29) is 6.10 Å². The van der Waals surface area contributed by atoms with Crippen LogP contribution < -0.4 is 0 Å². The van der Waals surface area contributed by atoms with Crippen molar-refractivity contribution in [2.24, 2.45) is 0 Å². The van der Waals surface area contributed by atoms with Crippen molar-refractivity contribution in [3.63, 3.8) is 0 Å². The highest BCUT2D eigenvalue weighted by molar-refractivity contribution is 6.90. The normalized spacial score (nSPS) is 14.6. The van der Waals surface area contributed by atoms with Gasteiger partial charge in [0.25, 0.3) is 0 Å². The van der Waals surface area contributed by atoms with Crippen LogP contribution in [0.5, 0.6) is 0 Å². The van der Waals surface area contributed by atoms with E-state index in [2.05, 4.69) is 72.8 Å². The molecule has 0 aromatic rings. The number of rotatable bonds is 11. The first-order chi connectivity index (χ1) is 10.0. The summed E-state index contributed by atoms with van der Waals surface area (Å²) in [6.45, 7) is 24.9. The van der Waals surface area contributed by atoms with Crippen LogP contribution in [-0.4, -0.2) is 46.5 Å². The van der Waals surface area contributed by atoms with E-state index in [1.807, 2.05) is 0 Å². The first-order valence-electron chi connectivity index (χ1n) is 8.76. The molecule has 0 saturated heterocycles. The van der Waals surface area contributed by atoms with Crippen molar-refractivity contribution < 1.29 is 17.1 Å². The lowest BCUT2D eigenvalue weighted by atomic mass is 10.4. The molecule has 0 aliphatic carbocycles. The molecule has 0 amide bonds. The van der Waals surface area contributed by atoms with E-state index in [0.29, 0.717) is 0 Å². The van der Waals surface area contributed by atoms with Gasteiger partial charge in [0.15, 0.2) is 25.0 Å². The Hall–Kier alpha value is 0.708. The Bertz CT molecular complexity index is 302. The minimum absolute atomic E-state index is 0.264. The minimum Gasteiger partial charge on any atom is -0.417 e. The standard InChI is InChI=1S/C15H40O4Si4/c1-15(2)16-13-12-14-23(17-20(3,4)5,18-21(6,7)8)19-22(9,10)11/h15H,12-14H2,1-11H3. The largest absolute Gasteiger partial charge is 0.469 e. The van der Waals surface area contributed by atoms with Crippen molar-refractivity contribution in [2.45, 2.75) is 91.3 Å². The van der Waals surface area contributed by atoms with E-state index in [0.717, 1.165) is 19.1 Å². The third kappa shape index (κ3) is 13.7. The first kappa shape index (κ1) is 23.7. The van der Waals surface area contributed by atoms with Crippen molar-refractivity contribution in [3.05, 3.63) is 0 Å². The molecule has 0 bridgehead atoms. The number of hydrogen-bond donors (Lipinski definition) is 0. The highest BCUT2D eigenvalue weighted by atomic mass is 28.5. The van der Waals surface area contributed by atoms with Gasteiger partial charge in [-0.1, -0.05) is 0 Å². The van der Waals surface area contributed by atoms with Crippen LogP contribution in [0.15, 0.2) is 0 Å². The molecule has 0 unspecified atom stereocenters. The molecule has 0 atom stereocenters. The molecule has 0 radical (unpaired) electrons. The van der Waals surface area contributed by atoms with Crippen LogP contribution >= 0.6 is 0 Å². The van der Waals surface area contributed by atoms with Crippen LogP contribution in [0.4, 0.5) is 0 Å². The lowest BCUT2D eigenvalue weighted by Crippen LogP contribution is -2.60. The van der Waals surface area contributed by atoms with Gasteiger partial charge in [-0.3, -0.25) is 0 Å². The minimum atomic E-state index is -2.67. The zero-order chi connectivity index (χ0) is 18.5. The average molecular weight is 397 g/mol. The summed E-state index contributed by atoms with van der Waals surface area (Å²) >= 11 is 0. The topological polar surface area (TPSA) is 36.9 Å². The van der Waals surface area contributed by atoms with Gasteiger partial charge in [0.2, 0.25) is 0 Å². The molecule has 23 heavy (non-hydrogen) atoms. The fourth-order valence-electron chi connectivity index (χ4n) is 2.22. The molecular formula is C15H40O4Si4. The average Bonchev–Trinajstić information content (AvgIpc) is 2.16. The van der Waals surface area contributed by atoms with Gasteiger partial charge in [-0.2, -0.15) is 0 Å². The number of ether oxygens (including phenoxy) is 1. The predicted octanol–water partition coefficient (Wildman–Crippen LogP) is 5.29. The molecule has 4 nitrogen and oxygen atoms in total. The molecule has 0 heterocycles. The molecule has 8 heteroatoms. The van der Waals surface area contributed by atoms with E-state index >= 15 is 0 Å². The SMILES string of the molecule is CC(C)OCCC[Si](O[Si](C)(C)C)(O[Si](C)(C)C)O[Si](C)(C)C. The molecule has 0 aromatic heterocycles. The monoisotopic (exact) mass is 396 g/mol. The zero-order valence-electron chi connectivity index (χ0n) is 17.3. The summed E-state index contributed by atoms with van der Waals surface area (Å²) in [6.07, 6.45) is 1.20. The Morgan fingerprint density at radius 3 is 1.26 bits per heavy atom. The van der Waals surface area contributed by atoms with Crippen LogP contribution in [0.2, 0.25) is 65.0 Å². The van der Waals surface area contributed by atoms with E-state index in [1.165, 1.54) is 0 Å². The van der Waals surface area contributed by atoms with Gasteiger partial charge in [0.1, 0.15) is 0 Å². The summed E-state index contributed by atoms with van der Waals surface area (Å²) in [5.41, 5.74) is 0. The predicted molar refractivity (Wildman–Crippen MR) is 110 cm³/mol. The van der Waals surface area contributed by atoms with Crippen LogP contribution in [0.1, 0.15) is 20.3 Å². The molecule has 140 valence electrons. The molecule has 0 fully saturated rings. The second-order valence-electron chi connectivity index (χ2n) is 9.35. The van der Waals surface area contributed by atoms with E-state index in [4.69, 9.17) is 17.1 Å². The maximum Gasteiger partial charge on any atom is 0.469 e. The van der Waals surface area contributed by atoms with Gasteiger partial charge in [0, 0.05) is 12.7 Å². The Kier molecular flexibility index (Phi) is 9.16. The highest BCUT2D eigenvalue weighted by Gasteiger charge is 2.49. The summed E-state index contributed by atoms with van der Waals surface area (Å²) < 4.78 is 25.6. The summed E-state index contributed by atoms with van der Waals surface area (Å²) in [5, 5.41) is 0. The van der Waals surface area contributed by atoms with E-state index in [1.54, 1.807) is 0 Å². The van der Waals surface area contributed by atoms with Crippen LogP contribution in [0.3, 0.4) is 0 Å². The van der Waals surface area contributed by atoms with Gasteiger partial charge in [0.05, 0.1) is 6.10 Å². The van der Waals surface area contributed by atoms with Crippen molar-refractivity contribution in [1.29, 1.82) is 0 Å². The number of hydrogen-bond acceptors (Lipinski definition) is 4. The molecule has 0 N–H and O–H groups in total. The van der Waals surface area contributed by atoms with Crippen molar-refractivity contribution in [3.8, 4) is 0 Å². The van der Waals surface area contributed by atoms with Gasteiger partial charge in [-0.25, -0.2) is 0 Å². The summed E-state index contributed by atoms with van der Waals surface area (Å²) in [6, 6.07) is 0.860. The van der Waals surface area contributed by atoms with Crippen LogP contribution in [-0.2, 0) is 17.1 Å². The van der Waals surface area contributed by atoms with Gasteiger partial charge >= 0.3 is 8.80 Å². The Balaban J connectivity index is 5.28. The highest BCUT2D eigenvalue weighted by Crippen LogP contribution is 2.29. The summed E-state index contributed by atoms with van der Waals surface area (Å²) in [7, 11) is -7.95. The fraction of sp³-hybridized carbons (Fsp3) is 1.00. The zero-order valence-corrected chi connectivity index (χ0v) is 21.3. The molecule has 0 saturated carbocycles. The smallest absolute Gasteiger partial charge is 0.417 e. The van der Waals surface area contributed by atoms with Crippen LogP contribution in [0, 0.1) is 0 Å². The van der Waals surface area contributed by atoms with E-state index in [9.17, 15) is 0 Å². The Morgan fingerprint density at radius 1 is 0.652 bits per heavy atom. The Morgan fingerprint density at radius 2 is 1.00 bits per heavy atom. The van der Waals surface area contributed by atoms with Gasteiger partial charge < -0.3 is 17.1 Å². The maximum atomic E-state index is 6.63. The first-order valence-corrected chi connectivity index (χ1v) is 20.9. The third-order valence-corrected chi connectivity index (χ3v) is 14.5. The second kappa shape index (κ2) is 8.88. The van der Waals surface area contributed by atoms with Crippen molar-refractivity contribution >= 4 is 33.8 Å². The molecular weight excluding hydrogens is 357 g/mol. The Labute approximate surface area is 149 Å². The quantitative estimate of drug-likeness (QED) is 0.351. The lowest BCUT2D eigenvalue weighted by Gasteiger charge is -2.43. The lowest BCUT2D eigenvalue weighted by molar-refractivity contribution is 0.0771. The molecule has 0 aliphatic rings. The van der Waals surface area contributed by atoms with Gasteiger partial charge in [-0.05, 0) is 79.2 Å². The second-order valence-corrected chi connectivity index (χ2v) is 26.3. The van der Waals surface area contributed by atoms with Crippen molar-refractivity contribution in [1.82, 2.24) is 0 Å². The maximum absolute atomic E-state index is 6.63. The third-order valence-electron chi connectivity index (χ3n) is 2.46. The summed E-state index contributed by atoms with van der Waals surface area (Å²) in [4.78, 5) is 0. The molecule has 0 aromatic carbocycles.